The number of nitrogens with zero attached hydrogens (tertiary/aromatic N) is 4. The normalized spacial score (nSPS) is 15.3. The minimum Gasteiger partial charge on any atom is -0.465 e. The molecule has 11 nitrogen and oxygen atoms in total. The Balaban J connectivity index is 1.63. The number of rotatable bonds is 7. The quantitative estimate of drug-likeness (QED) is 0.325. The molecule has 1 aliphatic heterocycles. The maximum atomic E-state index is 12.8. The number of aryl methyl sites for hydroxylation is 1. The van der Waals surface area contributed by atoms with E-state index in [1.807, 2.05) is 19.1 Å². The van der Waals surface area contributed by atoms with Gasteiger partial charge in [-0.15, -0.1) is 0 Å². The average Bonchev–Trinajstić information content (AvgIpc) is 3.26. The fraction of sp³-hybridized carbons (Fsp3) is 0.346. The zero-order chi connectivity index (χ0) is 26.5. The molecule has 1 fully saturated rings. The Hall–Kier alpha value is -4.41. The SMILES string of the molecule is CCOC(=O)c1c(-c2ccc(C(=O)Nc3cc(CC)ccn3)cc2)nc([C@@H]2CCCN(C(=O)O)C2)n1N. The molecule has 37 heavy (non-hydrogen) atoms. The number of anilines is 1. The van der Waals surface area contributed by atoms with Crippen molar-refractivity contribution in [3.63, 3.8) is 0 Å². The topological polar surface area (TPSA) is 153 Å². The third kappa shape index (κ3) is 5.55. The van der Waals surface area contributed by atoms with E-state index in [9.17, 15) is 19.5 Å². The number of hydrogen-bond acceptors (Lipinski definition) is 7. The molecular weight excluding hydrogens is 476 g/mol. The van der Waals surface area contributed by atoms with Crippen LogP contribution in [0.2, 0.25) is 0 Å². The van der Waals surface area contributed by atoms with Gasteiger partial charge in [0.1, 0.15) is 17.3 Å². The first-order valence-corrected chi connectivity index (χ1v) is 12.2. The number of amides is 2. The number of imidazole rings is 1. The number of carbonyl (C=O) groups is 3. The van der Waals surface area contributed by atoms with Crippen molar-refractivity contribution in [1.29, 1.82) is 0 Å². The summed E-state index contributed by atoms with van der Waals surface area (Å²) in [5.74, 6) is 5.98. The van der Waals surface area contributed by atoms with Crippen molar-refractivity contribution in [1.82, 2.24) is 19.5 Å². The van der Waals surface area contributed by atoms with E-state index in [0.717, 1.165) is 12.0 Å². The molecule has 1 aromatic carbocycles. The van der Waals surface area contributed by atoms with Crippen LogP contribution < -0.4 is 11.2 Å². The summed E-state index contributed by atoms with van der Waals surface area (Å²) < 4.78 is 6.43. The van der Waals surface area contributed by atoms with Gasteiger partial charge in [-0.05, 0) is 56.0 Å². The second kappa shape index (κ2) is 11.1. The summed E-state index contributed by atoms with van der Waals surface area (Å²) in [6.45, 7) is 4.55. The van der Waals surface area contributed by atoms with Crippen LogP contribution in [0.4, 0.5) is 10.6 Å². The summed E-state index contributed by atoms with van der Waals surface area (Å²) >= 11 is 0. The van der Waals surface area contributed by atoms with Crippen molar-refractivity contribution in [3.8, 4) is 11.3 Å². The predicted octanol–water partition coefficient (Wildman–Crippen LogP) is 3.51. The minimum atomic E-state index is -1.00. The van der Waals surface area contributed by atoms with E-state index in [0.29, 0.717) is 47.8 Å². The van der Waals surface area contributed by atoms with Gasteiger partial charge in [0.2, 0.25) is 0 Å². The lowest BCUT2D eigenvalue weighted by Gasteiger charge is -2.30. The Kier molecular flexibility index (Phi) is 7.71. The fourth-order valence-corrected chi connectivity index (χ4v) is 4.43. The highest BCUT2D eigenvalue weighted by molar-refractivity contribution is 6.04. The molecule has 0 saturated carbocycles. The van der Waals surface area contributed by atoms with Crippen molar-refractivity contribution >= 4 is 23.8 Å². The van der Waals surface area contributed by atoms with Gasteiger partial charge < -0.3 is 25.9 Å². The number of piperidine rings is 1. The third-order valence-corrected chi connectivity index (χ3v) is 6.36. The second-order valence-electron chi connectivity index (χ2n) is 8.76. The van der Waals surface area contributed by atoms with Crippen LogP contribution in [-0.2, 0) is 11.2 Å². The largest absolute Gasteiger partial charge is 0.465 e. The number of likely N-dealkylation sites (tertiary alicyclic amines) is 1. The Labute approximate surface area is 214 Å². The number of carbonyl (C=O) groups excluding carboxylic acids is 2. The van der Waals surface area contributed by atoms with E-state index in [2.05, 4.69) is 15.3 Å². The second-order valence-corrected chi connectivity index (χ2v) is 8.76. The number of carboxylic acid groups (broad SMARTS) is 1. The summed E-state index contributed by atoms with van der Waals surface area (Å²) in [6, 6.07) is 10.3. The summed E-state index contributed by atoms with van der Waals surface area (Å²) in [7, 11) is 0. The zero-order valence-electron chi connectivity index (χ0n) is 20.8. The molecule has 11 heteroatoms. The van der Waals surface area contributed by atoms with E-state index in [1.165, 1.54) is 9.58 Å². The number of ether oxygens (including phenoxy) is 1. The van der Waals surface area contributed by atoms with Crippen molar-refractivity contribution in [2.75, 3.05) is 30.9 Å². The molecule has 0 aliphatic carbocycles. The smallest absolute Gasteiger partial charge is 0.407 e. The minimum absolute atomic E-state index is 0.0714. The molecule has 1 saturated heterocycles. The molecule has 2 aromatic heterocycles. The van der Waals surface area contributed by atoms with Gasteiger partial charge in [-0.1, -0.05) is 19.1 Å². The van der Waals surface area contributed by atoms with Gasteiger partial charge >= 0.3 is 12.1 Å². The van der Waals surface area contributed by atoms with E-state index >= 15 is 0 Å². The highest BCUT2D eigenvalue weighted by atomic mass is 16.5. The Bertz CT molecular complexity index is 1300. The van der Waals surface area contributed by atoms with Crippen molar-refractivity contribution in [2.45, 2.75) is 39.0 Å². The van der Waals surface area contributed by atoms with Crippen LogP contribution in [0.1, 0.15) is 64.8 Å². The number of aromatic nitrogens is 3. The van der Waals surface area contributed by atoms with Crippen LogP contribution in [0.15, 0.2) is 42.6 Å². The van der Waals surface area contributed by atoms with Gasteiger partial charge in [0.15, 0.2) is 5.69 Å². The molecule has 3 aromatic rings. The van der Waals surface area contributed by atoms with Crippen molar-refractivity contribution in [3.05, 3.63) is 65.2 Å². The highest BCUT2D eigenvalue weighted by Gasteiger charge is 2.32. The lowest BCUT2D eigenvalue weighted by molar-refractivity contribution is 0.0516. The summed E-state index contributed by atoms with van der Waals surface area (Å²) in [4.78, 5) is 47.3. The van der Waals surface area contributed by atoms with E-state index in [4.69, 9.17) is 10.6 Å². The number of esters is 1. The number of nitrogens with one attached hydrogen (secondary N) is 1. The van der Waals surface area contributed by atoms with Crippen LogP contribution >= 0.6 is 0 Å². The van der Waals surface area contributed by atoms with E-state index in [1.54, 1.807) is 37.4 Å². The number of hydrogen-bond donors (Lipinski definition) is 3. The molecule has 2 amide bonds. The Morgan fingerprint density at radius 3 is 2.62 bits per heavy atom. The maximum absolute atomic E-state index is 12.8. The van der Waals surface area contributed by atoms with Crippen molar-refractivity contribution < 1.29 is 24.2 Å². The molecule has 1 atom stereocenters. The Morgan fingerprint density at radius 1 is 1.19 bits per heavy atom. The molecule has 3 heterocycles. The first-order chi connectivity index (χ1) is 17.8. The van der Waals surface area contributed by atoms with E-state index < -0.39 is 12.1 Å². The molecule has 4 N–H and O–H groups in total. The molecule has 0 bridgehead atoms. The maximum Gasteiger partial charge on any atom is 0.407 e. The summed E-state index contributed by atoms with van der Waals surface area (Å²) in [6.07, 6.45) is 2.82. The van der Waals surface area contributed by atoms with Gasteiger partial charge in [0.25, 0.3) is 5.91 Å². The van der Waals surface area contributed by atoms with Crippen LogP contribution in [0.3, 0.4) is 0 Å². The molecule has 194 valence electrons. The number of nitrogen functional groups attached to an aromatic ring is 1. The molecule has 0 radical (unpaired) electrons. The molecule has 0 unspecified atom stereocenters. The van der Waals surface area contributed by atoms with Gasteiger partial charge in [0.05, 0.1) is 6.61 Å². The van der Waals surface area contributed by atoms with Crippen LogP contribution in [0.5, 0.6) is 0 Å². The van der Waals surface area contributed by atoms with Crippen LogP contribution in [0, 0.1) is 0 Å². The van der Waals surface area contributed by atoms with Gasteiger partial charge in [-0.25, -0.2) is 24.2 Å². The highest BCUT2D eigenvalue weighted by Crippen LogP contribution is 2.31. The van der Waals surface area contributed by atoms with E-state index in [-0.39, 0.29) is 30.7 Å². The van der Waals surface area contributed by atoms with Gasteiger partial charge in [-0.3, -0.25) is 4.79 Å². The molecule has 4 rings (SSSR count). The fourth-order valence-electron chi connectivity index (χ4n) is 4.43. The standard InChI is InChI=1S/C26H30N6O5/c1-3-16-11-12-28-20(14-16)29-24(33)18-9-7-17(8-10-18)21-22(25(34)37-4-2)32(27)23(30-21)19-6-5-13-31(15-19)26(35)36/h7-12,14,19H,3-6,13,15,27H2,1-2H3,(H,35,36)(H,28,29,33)/t19-/m1/s1. The molecule has 1 aliphatic rings. The first-order valence-electron chi connectivity index (χ1n) is 12.2. The van der Waals surface area contributed by atoms with Gasteiger partial charge in [0, 0.05) is 36.3 Å². The first kappa shape index (κ1) is 25.7. The van der Waals surface area contributed by atoms with Crippen molar-refractivity contribution in [2.24, 2.45) is 0 Å². The average molecular weight is 507 g/mol. The number of benzene rings is 1. The zero-order valence-corrected chi connectivity index (χ0v) is 20.8. The molecular formula is C26H30N6O5. The monoisotopic (exact) mass is 506 g/mol. The molecule has 0 spiro atoms. The number of nitrogens with two attached hydrogens (primary N) is 1. The summed E-state index contributed by atoms with van der Waals surface area (Å²) in [5, 5.41) is 12.2. The summed E-state index contributed by atoms with van der Waals surface area (Å²) in [5.41, 5.74) is 2.42. The lowest BCUT2D eigenvalue weighted by Crippen LogP contribution is -2.39. The lowest BCUT2D eigenvalue weighted by atomic mass is 9.97. The van der Waals surface area contributed by atoms with Crippen LogP contribution in [-0.4, -0.2) is 62.3 Å². The number of pyridine rings is 1. The van der Waals surface area contributed by atoms with Gasteiger partial charge in [-0.2, -0.15) is 0 Å². The Morgan fingerprint density at radius 2 is 1.95 bits per heavy atom. The third-order valence-electron chi connectivity index (χ3n) is 6.36. The predicted molar refractivity (Wildman–Crippen MR) is 137 cm³/mol. The van der Waals surface area contributed by atoms with Crippen LogP contribution in [0.25, 0.3) is 11.3 Å².